The lowest BCUT2D eigenvalue weighted by Gasteiger charge is -2.14. The van der Waals surface area contributed by atoms with Gasteiger partial charge in [-0.05, 0) is 12.3 Å². The lowest BCUT2D eigenvalue weighted by molar-refractivity contribution is -0.139. The molecule has 0 bridgehead atoms. The number of carboxylic acid groups (broad SMARTS) is 1. The molecule has 13 heavy (non-hydrogen) atoms. The number of hydrogen-bond acceptors (Lipinski definition) is 4. The Bertz CT molecular complexity index is 173. The van der Waals surface area contributed by atoms with Crippen LogP contribution in [0.5, 0.6) is 0 Å². The second-order valence-corrected chi connectivity index (χ2v) is 3.97. The van der Waals surface area contributed by atoms with Crippen molar-refractivity contribution in [1.29, 1.82) is 0 Å². The number of hydrogen-bond donors (Lipinski definition) is 2. The Kier molecular flexibility index (Phi) is 6.62. The number of nitrogens with one attached hydrogen (secondary N) is 1. The van der Waals surface area contributed by atoms with Crippen LogP contribution in [0.25, 0.3) is 0 Å². The van der Waals surface area contributed by atoms with Crippen LogP contribution >= 0.6 is 11.9 Å². The first-order chi connectivity index (χ1) is 6.07. The fourth-order valence-corrected chi connectivity index (χ4v) is 1.42. The van der Waals surface area contributed by atoms with Gasteiger partial charge in [-0.2, -0.15) is 0 Å². The minimum Gasteiger partial charge on any atom is -0.480 e. The molecule has 0 saturated carbocycles. The summed E-state index contributed by atoms with van der Waals surface area (Å²) in [7, 11) is 0. The lowest BCUT2D eigenvalue weighted by Crippen LogP contribution is -2.33. The molecule has 0 aromatic heterocycles. The molecular formula is C8H15NO3S. The Balaban J connectivity index is 3.80. The first-order valence-electron chi connectivity index (χ1n) is 4.11. The molecule has 1 atom stereocenters. The predicted octanol–water partition coefficient (Wildman–Crippen LogP) is 0.922. The van der Waals surface area contributed by atoms with E-state index in [4.69, 9.17) is 5.11 Å². The molecule has 0 saturated heterocycles. The van der Waals surface area contributed by atoms with Crippen LogP contribution in [0, 0.1) is 5.92 Å². The SMILES string of the molecule is CC(C)C[C@H](NSCC=O)C(=O)O. The zero-order valence-electron chi connectivity index (χ0n) is 7.82. The summed E-state index contributed by atoms with van der Waals surface area (Å²) in [5, 5.41) is 8.76. The largest absolute Gasteiger partial charge is 0.480 e. The molecule has 4 nitrogen and oxygen atoms in total. The van der Waals surface area contributed by atoms with Crippen LogP contribution in [0.1, 0.15) is 20.3 Å². The molecule has 0 rings (SSSR count). The fraction of sp³-hybridized carbons (Fsp3) is 0.750. The third kappa shape index (κ3) is 6.60. The summed E-state index contributed by atoms with van der Waals surface area (Å²) in [6.07, 6.45) is 1.31. The van der Waals surface area contributed by atoms with E-state index in [1.807, 2.05) is 13.8 Å². The van der Waals surface area contributed by atoms with Crippen molar-refractivity contribution < 1.29 is 14.7 Å². The van der Waals surface area contributed by atoms with Crippen molar-refractivity contribution >= 4 is 24.2 Å². The molecule has 76 valence electrons. The summed E-state index contributed by atoms with van der Waals surface area (Å²) < 4.78 is 2.74. The smallest absolute Gasteiger partial charge is 0.321 e. The molecule has 0 spiro atoms. The first kappa shape index (κ1) is 12.4. The monoisotopic (exact) mass is 205 g/mol. The van der Waals surface area contributed by atoms with E-state index in [2.05, 4.69) is 4.72 Å². The van der Waals surface area contributed by atoms with Crippen LogP contribution in [-0.4, -0.2) is 29.2 Å². The maximum absolute atomic E-state index is 10.7. The summed E-state index contributed by atoms with van der Waals surface area (Å²) in [5.74, 6) is -0.264. The second-order valence-electron chi connectivity index (χ2n) is 3.12. The van der Waals surface area contributed by atoms with E-state index in [1.165, 1.54) is 0 Å². The van der Waals surface area contributed by atoms with Crippen molar-refractivity contribution in [2.45, 2.75) is 26.3 Å². The Labute approximate surface area is 82.2 Å². The third-order valence-corrected chi connectivity index (χ3v) is 2.14. The van der Waals surface area contributed by atoms with E-state index in [0.29, 0.717) is 12.3 Å². The Hall–Kier alpha value is -0.550. The number of carboxylic acids is 1. The Morgan fingerprint density at radius 2 is 2.23 bits per heavy atom. The van der Waals surface area contributed by atoms with Crippen LogP contribution in [0.2, 0.25) is 0 Å². The number of aldehydes is 1. The highest BCUT2D eigenvalue weighted by Gasteiger charge is 2.17. The summed E-state index contributed by atoms with van der Waals surface area (Å²) in [6.45, 7) is 3.92. The summed E-state index contributed by atoms with van der Waals surface area (Å²) in [5.41, 5.74) is 0. The lowest BCUT2D eigenvalue weighted by atomic mass is 10.1. The van der Waals surface area contributed by atoms with Crippen molar-refractivity contribution in [3.05, 3.63) is 0 Å². The van der Waals surface area contributed by atoms with Gasteiger partial charge in [0.25, 0.3) is 0 Å². The van der Waals surface area contributed by atoms with Gasteiger partial charge < -0.3 is 9.90 Å². The molecule has 5 heteroatoms. The molecule has 0 fully saturated rings. The van der Waals surface area contributed by atoms with Crippen LogP contribution in [-0.2, 0) is 9.59 Å². The molecular weight excluding hydrogens is 190 g/mol. The van der Waals surface area contributed by atoms with Crippen molar-refractivity contribution in [1.82, 2.24) is 4.72 Å². The standard InChI is InChI=1S/C8H15NO3S/c1-6(2)5-7(8(11)12)9-13-4-3-10/h3,6-7,9H,4-5H2,1-2H3,(H,11,12)/t7-/m0/s1. The van der Waals surface area contributed by atoms with E-state index in [-0.39, 0.29) is 5.75 Å². The highest BCUT2D eigenvalue weighted by Crippen LogP contribution is 2.07. The minimum absolute atomic E-state index is 0.280. The Morgan fingerprint density at radius 3 is 2.62 bits per heavy atom. The molecule has 0 aliphatic heterocycles. The van der Waals surface area contributed by atoms with Crippen molar-refractivity contribution in [2.24, 2.45) is 5.92 Å². The molecule has 0 aromatic rings. The van der Waals surface area contributed by atoms with E-state index >= 15 is 0 Å². The number of rotatable bonds is 7. The van der Waals surface area contributed by atoms with Crippen LogP contribution in [0.15, 0.2) is 0 Å². The van der Waals surface area contributed by atoms with Gasteiger partial charge in [-0.1, -0.05) is 25.8 Å². The maximum atomic E-state index is 10.7. The van der Waals surface area contributed by atoms with Crippen molar-refractivity contribution in [2.75, 3.05) is 5.75 Å². The highest BCUT2D eigenvalue weighted by atomic mass is 32.2. The van der Waals surface area contributed by atoms with Gasteiger partial charge in [0.05, 0.1) is 5.75 Å². The average Bonchev–Trinajstić information content (AvgIpc) is 2.02. The van der Waals surface area contributed by atoms with Gasteiger partial charge >= 0.3 is 5.97 Å². The third-order valence-electron chi connectivity index (χ3n) is 1.38. The van der Waals surface area contributed by atoms with Gasteiger partial charge in [0.1, 0.15) is 12.3 Å². The first-order valence-corrected chi connectivity index (χ1v) is 5.10. The molecule has 0 amide bonds. The number of aliphatic carboxylic acids is 1. The molecule has 0 radical (unpaired) electrons. The highest BCUT2D eigenvalue weighted by molar-refractivity contribution is 7.98. The molecule has 0 aliphatic carbocycles. The molecule has 2 N–H and O–H groups in total. The van der Waals surface area contributed by atoms with Crippen LogP contribution < -0.4 is 4.72 Å². The molecule has 0 aromatic carbocycles. The normalized spacial score (nSPS) is 12.8. The van der Waals surface area contributed by atoms with E-state index < -0.39 is 12.0 Å². The van der Waals surface area contributed by atoms with Crippen molar-refractivity contribution in [3.8, 4) is 0 Å². The van der Waals surface area contributed by atoms with E-state index in [0.717, 1.165) is 18.2 Å². The van der Waals surface area contributed by atoms with Gasteiger partial charge in [-0.25, -0.2) is 4.72 Å². The van der Waals surface area contributed by atoms with Crippen LogP contribution in [0.4, 0.5) is 0 Å². The second kappa shape index (κ2) is 6.91. The van der Waals surface area contributed by atoms with E-state index in [9.17, 15) is 9.59 Å². The summed E-state index contributed by atoms with van der Waals surface area (Å²) in [6, 6.07) is -0.565. The van der Waals surface area contributed by atoms with Gasteiger partial charge in [0, 0.05) is 0 Å². The van der Waals surface area contributed by atoms with Crippen LogP contribution in [0.3, 0.4) is 0 Å². The summed E-state index contributed by atoms with van der Waals surface area (Å²) in [4.78, 5) is 20.6. The zero-order chi connectivity index (χ0) is 10.3. The topological polar surface area (TPSA) is 66.4 Å². The molecule has 0 aliphatic rings. The van der Waals surface area contributed by atoms with Crippen molar-refractivity contribution in [3.63, 3.8) is 0 Å². The quantitative estimate of drug-likeness (QED) is 0.367. The number of carbonyl (C=O) groups excluding carboxylic acids is 1. The van der Waals surface area contributed by atoms with Gasteiger partial charge in [0.2, 0.25) is 0 Å². The fourth-order valence-electron chi connectivity index (χ4n) is 0.853. The molecule has 0 heterocycles. The maximum Gasteiger partial charge on any atom is 0.321 e. The van der Waals surface area contributed by atoms with Gasteiger partial charge in [0.15, 0.2) is 0 Å². The zero-order valence-corrected chi connectivity index (χ0v) is 8.63. The average molecular weight is 205 g/mol. The predicted molar refractivity (Wildman–Crippen MR) is 52.5 cm³/mol. The summed E-state index contributed by atoms with van der Waals surface area (Å²) >= 11 is 1.13. The van der Waals surface area contributed by atoms with E-state index in [1.54, 1.807) is 0 Å². The molecule has 0 unspecified atom stereocenters. The number of carbonyl (C=O) groups is 2. The minimum atomic E-state index is -0.868. The Morgan fingerprint density at radius 1 is 1.62 bits per heavy atom. The van der Waals surface area contributed by atoms with Gasteiger partial charge in [-0.15, -0.1) is 0 Å². The van der Waals surface area contributed by atoms with Gasteiger partial charge in [-0.3, -0.25) is 4.79 Å².